The van der Waals surface area contributed by atoms with Crippen molar-refractivity contribution >= 4 is 11.4 Å². The number of nitrogens with zero attached hydrogens (tertiary/aromatic N) is 2. The molecule has 116 valence electrons. The van der Waals surface area contributed by atoms with Crippen LogP contribution in [0.15, 0.2) is 18.2 Å². The van der Waals surface area contributed by atoms with Crippen LogP contribution in [0.2, 0.25) is 0 Å². The van der Waals surface area contributed by atoms with Crippen molar-refractivity contribution in [3.63, 3.8) is 0 Å². The zero-order valence-electron chi connectivity index (χ0n) is 12.1. The summed E-state index contributed by atoms with van der Waals surface area (Å²) in [5.41, 5.74) is 1.60. The average molecular weight is 295 g/mol. The molecular weight excluding hydrogens is 274 g/mol. The quantitative estimate of drug-likeness (QED) is 0.606. The highest BCUT2D eigenvalue weighted by Gasteiger charge is 2.23. The number of nitro groups is 1. The molecule has 0 spiro atoms. The normalized spacial score (nSPS) is 19.4. The molecule has 1 aromatic rings. The minimum absolute atomic E-state index is 0.0171. The fourth-order valence-corrected chi connectivity index (χ4v) is 2.47. The van der Waals surface area contributed by atoms with Crippen molar-refractivity contribution in [2.24, 2.45) is 0 Å². The summed E-state index contributed by atoms with van der Waals surface area (Å²) >= 11 is 0. The second-order valence-corrected chi connectivity index (χ2v) is 5.02. The second kappa shape index (κ2) is 7.35. The number of anilines is 1. The van der Waals surface area contributed by atoms with E-state index >= 15 is 0 Å². The number of aliphatic hydroxyl groups excluding tert-OH is 1. The minimum atomic E-state index is -0.382. The Morgan fingerprint density at radius 1 is 1.57 bits per heavy atom. The molecule has 1 fully saturated rings. The highest BCUT2D eigenvalue weighted by atomic mass is 16.6. The van der Waals surface area contributed by atoms with Gasteiger partial charge in [0, 0.05) is 25.7 Å². The number of aliphatic hydroxyl groups is 1. The number of ether oxygens (including phenoxy) is 1. The van der Waals surface area contributed by atoms with Crippen molar-refractivity contribution in [2.75, 3.05) is 38.2 Å². The van der Waals surface area contributed by atoms with Crippen LogP contribution in [0.25, 0.3) is 0 Å². The van der Waals surface area contributed by atoms with Gasteiger partial charge in [-0.1, -0.05) is 6.07 Å². The number of rotatable bonds is 6. The van der Waals surface area contributed by atoms with Crippen LogP contribution in [0.4, 0.5) is 11.4 Å². The summed E-state index contributed by atoms with van der Waals surface area (Å²) in [6.07, 6.45) is 0. The van der Waals surface area contributed by atoms with E-state index in [-0.39, 0.29) is 23.3 Å². The zero-order valence-corrected chi connectivity index (χ0v) is 12.1. The Labute approximate surface area is 123 Å². The molecule has 0 bridgehead atoms. The van der Waals surface area contributed by atoms with Crippen LogP contribution in [0.3, 0.4) is 0 Å². The van der Waals surface area contributed by atoms with Crippen molar-refractivity contribution in [2.45, 2.75) is 19.5 Å². The van der Waals surface area contributed by atoms with E-state index < -0.39 is 0 Å². The van der Waals surface area contributed by atoms with E-state index in [1.54, 1.807) is 6.07 Å². The van der Waals surface area contributed by atoms with Crippen LogP contribution in [-0.4, -0.2) is 53.9 Å². The molecule has 1 heterocycles. The van der Waals surface area contributed by atoms with Gasteiger partial charge in [0.15, 0.2) is 0 Å². The lowest BCUT2D eigenvalue weighted by Gasteiger charge is -2.34. The highest BCUT2D eigenvalue weighted by molar-refractivity contribution is 5.62. The smallest absolute Gasteiger partial charge is 0.292 e. The first-order valence-corrected chi connectivity index (χ1v) is 7.09. The molecule has 1 aliphatic rings. The molecular formula is C14H21N3O4. The van der Waals surface area contributed by atoms with Crippen LogP contribution >= 0.6 is 0 Å². The van der Waals surface area contributed by atoms with E-state index in [0.717, 1.165) is 12.1 Å². The number of hydrogen-bond donors (Lipinski definition) is 2. The zero-order chi connectivity index (χ0) is 15.2. The van der Waals surface area contributed by atoms with Gasteiger partial charge in [-0.15, -0.1) is 0 Å². The first-order valence-electron chi connectivity index (χ1n) is 7.09. The molecule has 0 amide bonds. The lowest BCUT2D eigenvalue weighted by molar-refractivity contribution is -0.384. The maximum absolute atomic E-state index is 11.0. The fraction of sp³-hybridized carbons (Fsp3) is 0.571. The van der Waals surface area contributed by atoms with E-state index in [2.05, 4.69) is 10.2 Å². The molecule has 7 nitrogen and oxygen atoms in total. The molecule has 1 unspecified atom stereocenters. The fourth-order valence-electron chi connectivity index (χ4n) is 2.47. The summed E-state index contributed by atoms with van der Waals surface area (Å²) in [6.45, 7) is 5.13. The summed E-state index contributed by atoms with van der Waals surface area (Å²) in [5, 5.41) is 23.4. The first kappa shape index (κ1) is 15.7. The Morgan fingerprint density at radius 2 is 2.38 bits per heavy atom. The van der Waals surface area contributed by atoms with Crippen LogP contribution in [0.1, 0.15) is 12.5 Å². The standard InChI is InChI=1S/C14H21N3O4/c1-2-15-13-7-11(3-4-14(13)17(19)20)8-16-5-6-21-10-12(16)9-18/h3-4,7,12,15,18H,2,5-6,8-10H2,1H3. The lowest BCUT2D eigenvalue weighted by atomic mass is 10.1. The van der Waals surface area contributed by atoms with Gasteiger partial charge in [-0.3, -0.25) is 15.0 Å². The number of nitro benzene ring substituents is 1. The van der Waals surface area contributed by atoms with Crippen molar-refractivity contribution < 1.29 is 14.8 Å². The van der Waals surface area contributed by atoms with E-state index in [1.807, 2.05) is 13.0 Å². The topological polar surface area (TPSA) is 87.9 Å². The molecule has 0 aromatic heterocycles. The molecule has 0 radical (unpaired) electrons. The van der Waals surface area contributed by atoms with Gasteiger partial charge >= 0.3 is 0 Å². The largest absolute Gasteiger partial charge is 0.395 e. The Morgan fingerprint density at radius 3 is 3.05 bits per heavy atom. The summed E-state index contributed by atoms with van der Waals surface area (Å²) in [6, 6.07) is 5.09. The molecule has 7 heteroatoms. The molecule has 2 rings (SSSR count). The first-order chi connectivity index (χ1) is 10.2. The van der Waals surface area contributed by atoms with Gasteiger partial charge in [0.2, 0.25) is 0 Å². The van der Waals surface area contributed by atoms with Crippen LogP contribution in [0.5, 0.6) is 0 Å². The number of nitrogens with one attached hydrogen (secondary N) is 1. The Bertz CT molecular complexity index is 495. The Hall–Kier alpha value is -1.70. The maximum Gasteiger partial charge on any atom is 0.292 e. The minimum Gasteiger partial charge on any atom is -0.395 e. The molecule has 0 aliphatic carbocycles. The third-order valence-electron chi connectivity index (χ3n) is 3.57. The second-order valence-electron chi connectivity index (χ2n) is 5.02. The molecule has 2 N–H and O–H groups in total. The van der Waals surface area contributed by atoms with Crippen LogP contribution in [-0.2, 0) is 11.3 Å². The van der Waals surface area contributed by atoms with Crippen LogP contribution < -0.4 is 5.32 Å². The van der Waals surface area contributed by atoms with Gasteiger partial charge < -0.3 is 15.2 Å². The van der Waals surface area contributed by atoms with Crippen molar-refractivity contribution in [1.82, 2.24) is 4.90 Å². The van der Waals surface area contributed by atoms with Gasteiger partial charge in [-0.25, -0.2) is 0 Å². The number of hydrogen-bond acceptors (Lipinski definition) is 6. The SMILES string of the molecule is CCNc1cc(CN2CCOCC2CO)ccc1[N+](=O)[O-]. The van der Waals surface area contributed by atoms with E-state index in [0.29, 0.717) is 32.0 Å². The highest BCUT2D eigenvalue weighted by Crippen LogP contribution is 2.26. The average Bonchev–Trinajstić information content (AvgIpc) is 2.48. The van der Waals surface area contributed by atoms with Gasteiger partial charge in [0.05, 0.1) is 30.8 Å². The molecule has 1 atom stereocenters. The third kappa shape index (κ3) is 3.90. The summed E-state index contributed by atoms with van der Waals surface area (Å²) < 4.78 is 5.35. The monoisotopic (exact) mass is 295 g/mol. The predicted molar refractivity (Wildman–Crippen MR) is 79.4 cm³/mol. The molecule has 21 heavy (non-hydrogen) atoms. The van der Waals surface area contributed by atoms with Gasteiger partial charge in [0.25, 0.3) is 5.69 Å². The van der Waals surface area contributed by atoms with E-state index in [9.17, 15) is 15.2 Å². The van der Waals surface area contributed by atoms with Crippen molar-refractivity contribution in [3.8, 4) is 0 Å². The third-order valence-corrected chi connectivity index (χ3v) is 3.57. The van der Waals surface area contributed by atoms with Gasteiger partial charge in [-0.05, 0) is 18.6 Å². The maximum atomic E-state index is 11.0. The van der Waals surface area contributed by atoms with Gasteiger partial charge in [0.1, 0.15) is 5.69 Å². The summed E-state index contributed by atoms with van der Waals surface area (Å²) in [7, 11) is 0. The van der Waals surface area contributed by atoms with Crippen molar-refractivity contribution in [1.29, 1.82) is 0 Å². The molecule has 1 aromatic carbocycles. The summed E-state index contributed by atoms with van der Waals surface area (Å²) in [4.78, 5) is 12.8. The van der Waals surface area contributed by atoms with E-state index in [1.165, 1.54) is 6.07 Å². The predicted octanol–water partition coefficient (Wildman–Crippen LogP) is 1.22. The van der Waals surface area contributed by atoms with Gasteiger partial charge in [-0.2, -0.15) is 0 Å². The Balaban J connectivity index is 2.16. The molecule has 1 aliphatic heterocycles. The number of morpholine rings is 1. The number of benzene rings is 1. The molecule has 0 saturated carbocycles. The lowest BCUT2D eigenvalue weighted by Crippen LogP contribution is -2.46. The molecule has 1 saturated heterocycles. The van der Waals surface area contributed by atoms with Crippen molar-refractivity contribution in [3.05, 3.63) is 33.9 Å². The van der Waals surface area contributed by atoms with Crippen LogP contribution in [0, 0.1) is 10.1 Å². The van der Waals surface area contributed by atoms with E-state index in [4.69, 9.17) is 4.74 Å². The summed E-state index contributed by atoms with van der Waals surface area (Å²) in [5.74, 6) is 0. The Kier molecular flexibility index (Phi) is 5.49.